The molecule has 0 spiro atoms. The van der Waals surface area contributed by atoms with Crippen molar-refractivity contribution in [3.63, 3.8) is 0 Å². The molecule has 5 nitrogen and oxygen atoms in total. The van der Waals surface area contributed by atoms with E-state index >= 15 is 0 Å². The molecular weight excluding hydrogens is 382 g/mol. The average molecular weight is 396 g/mol. The molecule has 4 rings (SSSR count). The summed E-state index contributed by atoms with van der Waals surface area (Å²) in [5.41, 5.74) is 1.50. The number of benzene rings is 2. The van der Waals surface area contributed by atoms with Crippen LogP contribution in [0.2, 0.25) is 5.02 Å². The number of para-hydroxylation sites is 1. The standard InChI is InChI=1S/C20H14ClN3O2S/c1-12-22-16-6-3-2-5-14(16)20(26)24(12)13-8-9-15(21)17(11-13)23-19(25)18-7-4-10-27-18/h2-11H,1H3,(H,23,25). The Hall–Kier alpha value is -2.96. The first kappa shape index (κ1) is 17.5. The van der Waals surface area contributed by atoms with Crippen LogP contribution in [-0.4, -0.2) is 15.5 Å². The largest absolute Gasteiger partial charge is 0.320 e. The van der Waals surface area contributed by atoms with Gasteiger partial charge in [-0.1, -0.05) is 29.8 Å². The Kier molecular flexibility index (Phi) is 4.51. The van der Waals surface area contributed by atoms with Crippen LogP contribution < -0.4 is 10.9 Å². The van der Waals surface area contributed by atoms with E-state index in [1.54, 1.807) is 49.4 Å². The zero-order valence-electron chi connectivity index (χ0n) is 14.3. The zero-order chi connectivity index (χ0) is 19.0. The number of thiophene rings is 1. The number of carbonyl (C=O) groups excluding carboxylic acids is 1. The molecule has 0 aliphatic rings. The van der Waals surface area contributed by atoms with Gasteiger partial charge in [-0.25, -0.2) is 4.98 Å². The van der Waals surface area contributed by atoms with E-state index < -0.39 is 0 Å². The Bertz CT molecular complexity index is 1220. The molecule has 2 heterocycles. The SMILES string of the molecule is Cc1nc2ccccc2c(=O)n1-c1ccc(Cl)c(NC(=O)c2cccs2)c1. The number of amides is 1. The number of aryl methyl sites for hydroxylation is 1. The number of hydrogen-bond acceptors (Lipinski definition) is 4. The van der Waals surface area contributed by atoms with E-state index in [1.165, 1.54) is 15.9 Å². The lowest BCUT2D eigenvalue weighted by molar-refractivity contribution is 0.103. The second kappa shape index (κ2) is 6.98. The van der Waals surface area contributed by atoms with E-state index in [0.717, 1.165) is 0 Å². The summed E-state index contributed by atoms with van der Waals surface area (Å²) in [6, 6.07) is 15.8. The molecule has 0 saturated carbocycles. The maximum absolute atomic E-state index is 13.0. The first-order chi connectivity index (χ1) is 13.0. The van der Waals surface area contributed by atoms with Gasteiger partial charge >= 0.3 is 0 Å². The van der Waals surface area contributed by atoms with Crippen molar-refractivity contribution >= 4 is 45.4 Å². The van der Waals surface area contributed by atoms with Gasteiger partial charge in [-0.05, 0) is 48.7 Å². The van der Waals surface area contributed by atoms with E-state index in [4.69, 9.17) is 11.6 Å². The lowest BCUT2D eigenvalue weighted by Gasteiger charge is -2.13. The molecule has 7 heteroatoms. The van der Waals surface area contributed by atoms with Gasteiger partial charge in [0.25, 0.3) is 11.5 Å². The van der Waals surface area contributed by atoms with Crippen LogP contribution in [0.1, 0.15) is 15.5 Å². The van der Waals surface area contributed by atoms with E-state index in [0.29, 0.717) is 38.0 Å². The number of halogens is 1. The summed E-state index contributed by atoms with van der Waals surface area (Å²) in [7, 11) is 0. The van der Waals surface area contributed by atoms with Gasteiger partial charge in [-0.15, -0.1) is 11.3 Å². The van der Waals surface area contributed by atoms with Gasteiger partial charge < -0.3 is 5.32 Å². The molecule has 0 fully saturated rings. The number of aromatic nitrogens is 2. The number of carbonyl (C=O) groups is 1. The first-order valence-electron chi connectivity index (χ1n) is 8.18. The predicted octanol–water partition coefficient (Wildman–Crippen LogP) is 4.66. The van der Waals surface area contributed by atoms with Crippen molar-refractivity contribution in [1.82, 2.24) is 9.55 Å². The van der Waals surface area contributed by atoms with Crippen molar-refractivity contribution in [1.29, 1.82) is 0 Å². The fourth-order valence-electron chi connectivity index (χ4n) is 2.89. The molecule has 0 aliphatic heterocycles. The highest BCUT2D eigenvalue weighted by molar-refractivity contribution is 7.12. The maximum Gasteiger partial charge on any atom is 0.265 e. The summed E-state index contributed by atoms with van der Waals surface area (Å²) >= 11 is 7.59. The smallest absolute Gasteiger partial charge is 0.265 e. The van der Waals surface area contributed by atoms with Crippen LogP contribution in [0, 0.1) is 6.92 Å². The summed E-state index contributed by atoms with van der Waals surface area (Å²) < 4.78 is 1.51. The van der Waals surface area contributed by atoms with Gasteiger partial charge in [0, 0.05) is 0 Å². The third kappa shape index (κ3) is 3.25. The van der Waals surface area contributed by atoms with Crippen molar-refractivity contribution in [2.45, 2.75) is 6.92 Å². The Labute approximate surface area is 163 Å². The van der Waals surface area contributed by atoms with Crippen molar-refractivity contribution in [2.75, 3.05) is 5.32 Å². The third-order valence-electron chi connectivity index (χ3n) is 4.14. The highest BCUT2D eigenvalue weighted by Gasteiger charge is 2.13. The number of anilines is 1. The summed E-state index contributed by atoms with van der Waals surface area (Å²) in [5, 5.41) is 5.55. The molecule has 0 atom stereocenters. The van der Waals surface area contributed by atoms with Gasteiger partial charge in [0.05, 0.1) is 32.2 Å². The van der Waals surface area contributed by atoms with Crippen LogP contribution in [0.15, 0.2) is 64.8 Å². The molecule has 2 aromatic carbocycles. The average Bonchev–Trinajstić information content (AvgIpc) is 3.19. The molecule has 134 valence electrons. The number of hydrogen-bond donors (Lipinski definition) is 1. The van der Waals surface area contributed by atoms with E-state index in [9.17, 15) is 9.59 Å². The molecule has 1 amide bonds. The molecule has 0 bridgehead atoms. The summed E-state index contributed by atoms with van der Waals surface area (Å²) in [6.45, 7) is 1.77. The fraction of sp³-hybridized carbons (Fsp3) is 0.0500. The lowest BCUT2D eigenvalue weighted by atomic mass is 10.2. The molecular formula is C20H14ClN3O2S. The topological polar surface area (TPSA) is 64.0 Å². The van der Waals surface area contributed by atoms with Crippen LogP contribution in [0.25, 0.3) is 16.6 Å². The quantitative estimate of drug-likeness (QED) is 0.548. The highest BCUT2D eigenvalue weighted by Crippen LogP contribution is 2.26. The normalized spacial score (nSPS) is 10.9. The van der Waals surface area contributed by atoms with E-state index in [-0.39, 0.29) is 11.5 Å². The second-order valence-electron chi connectivity index (χ2n) is 5.91. The minimum absolute atomic E-state index is 0.170. The second-order valence-corrected chi connectivity index (χ2v) is 7.27. The Balaban J connectivity index is 1.81. The fourth-order valence-corrected chi connectivity index (χ4v) is 3.67. The van der Waals surface area contributed by atoms with Crippen molar-refractivity contribution in [3.05, 3.63) is 86.1 Å². The van der Waals surface area contributed by atoms with E-state index in [1.807, 2.05) is 17.5 Å². The highest BCUT2D eigenvalue weighted by atomic mass is 35.5. The molecule has 0 unspecified atom stereocenters. The van der Waals surface area contributed by atoms with Gasteiger partial charge in [0.2, 0.25) is 0 Å². The van der Waals surface area contributed by atoms with Crippen LogP contribution in [0.4, 0.5) is 5.69 Å². The summed E-state index contributed by atoms with van der Waals surface area (Å²) in [6.07, 6.45) is 0. The number of rotatable bonds is 3. The summed E-state index contributed by atoms with van der Waals surface area (Å²) in [4.78, 5) is 30.4. The Morgan fingerprint density at radius 2 is 1.96 bits per heavy atom. The third-order valence-corrected chi connectivity index (χ3v) is 5.34. The zero-order valence-corrected chi connectivity index (χ0v) is 15.8. The van der Waals surface area contributed by atoms with Crippen LogP contribution in [0.3, 0.4) is 0 Å². The van der Waals surface area contributed by atoms with Crippen molar-refractivity contribution in [3.8, 4) is 5.69 Å². The summed E-state index contributed by atoms with van der Waals surface area (Å²) in [5.74, 6) is 0.307. The van der Waals surface area contributed by atoms with Crippen LogP contribution in [0.5, 0.6) is 0 Å². The van der Waals surface area contributed by atoms with Gasteiger partial charge in [0.15, 0.2) is 0 Å². The van der Waals surface area contributed by atoms with Gasteiger partial charge in [-0.2, -0.15) is 0 Å². The van der Waals surface area contributed by atoms with Gasteiger partial charge in [-0.3, -0.25) is 14.2 Å². The Morgan fingerprint density at radius 3 is 2.74 bits per heavy atom. The molecule has 0 radical (unpaired) electrons. The molecule has 27 heavy (non-hydrogen) atoms. The van der Waals surface area contributed by atoms with Crippen molar-refractivity contribution in [2.24, 2.45) is 0 Å². The molecule has 0 saturated heterocycles. The molecule has 2 aromatic heterocycles. The Morgan fingerprint density at radius 1 is 1.15 bits per heavy atom. The van der Waals surface area contributed by atoms with Crippen molar-refractivity contribution < 1.29 is 4.79 Å². The molecule has 0 aliphatic carbocycles. The van der Waals surface area contributed by atoms with Gasteiger partial charge in [0.1, 0.15) is 5.82 Å². The number of fused-ring (bicyclic) bond motifs is 1. The van der Waals surface area contributed by atoms with Crippen LogP contribution >= 0.6 is 22.9 Å². The predicted molar refractivity (Wildman–Crippen MR) is 109 cm³/mol. The maximum atomic E-state index is 13.0. The first-order valence-corrected chi connectivity index (χ1v) is 9.43. The molecule has 1 N–H and O–H groups in total. The van der Waals surface area contributed by atoms with Crippen LogP contribution in [-0.2, 0) is 0 Å². The lowest BCUT2D eigenvalue weighted by Crippen LogP contribution is -2.22. The monoisotopic (exact) mass is 395 g/mol. The van der Waals surface area contributed by atoms with E-state index in [2.05, 4.69) is 10.3 Å². The number of nitrogens with zero attached hydrogens (tertiary/aromatic N) is 2. The minimum Gasteiger partial charge on any atom is -0.320 e. The minimum atomic E-state index is -0.246. The molecule has 4 aromatic rings. The number of nitrogens with one attached hydrogen (secondary N) is 1.